The van der Waals surface area contributed by atoms with Gasteiger partial charge in [-0.3, -0.25) is 14.9 Å². The first kappa shape index (κ1) is 18.0. The average Bonchev–Trinajstić information content (AvgIpc) is 3.03. The van der Waals surface area contributed by atoms with Crippen molar-refractivity contribution in [2.24, 2.45) is 0 Å². The Bertz CT molecular complexity index is 919. The van der Waals surface area contributed by atoms with Gasteiger partial charge < -0.3 is 5.32 Å². The predicted molar refractivity (Wildman–Crippen MR) is 104 cm³/mol. The highest BCUT2D eigenvalue weighted by atomic mass is 32.1. The summed E-state index contributed by atoms with van der Waals surface area (Å²) in [5.41, 5.74) is 2.00. The Morgan fingerprint density at radius 3 is 2.77 bits per heavy atom. The number of unbranched alkanes of at least 4 members (excludes halogenated alkanes) is 1. The third kappa shape index (κ3) is 4.23. The largest absolute Gasteiger partial charge is 0.326 e. The van der Waals surface area contributed by atoms with Crippen LogP contribution in [0.2, 0.25) is 0 Å². The molecule has 7 heteroatoms. The number of nitrogens with one attached hydrogen (secondary N) is 1. The number of hydrogen-bond donors (Lipinski definition) is 1. The summed E-state index contributed by atoms with van der Waals surface area (Å²) < 4.78 is 1.18. The molecule has 6 nitrogen and oxygen atoms in total. The van der Waals surface area contributed by atoms with E-state index in [0.717, 1.165) is 29.8 Å². The van der Waals surface area contributed by atoms with Gasteiger partial charge in [0, 0.05) is 12.5 Å². The zero-order valence-electron chi connectivity index (χ0n) is 14.4. The molecule has 0 aliphatic heterocycles. The number of aromatic nitrogens is 1. The quantitative estimate of drug-likeness (QED) is 0.366. The Labute approximate surface area is 155 Å². The van der Waals surface area contributed by atoms with Crippen LogP contribution < -0.4 is 5.32 Å². The summed E-state index contributed by atoms with van der Waals surface area (Å²) in [6, 6.07) is 12.7. The Balaban J connectivity index is 1.48. The lowest BCUT2D eigenvalue weighted by Gasteiger charge is -2.08. The molecule has 0 radical (unpaired) electrons. The van der Waals surface area contributed by atoms with Gasteiger partial charge >= 0.3 is 0 Å². The number of nitrogens with zero attached hydrogens (tertiary/aromatic N) is 2. The van der Waals surface area contributed by atoms with E-state index in [4.69, 9.17) is 0 Å². The molecule has 1 N–H and O–H groups in total. The molecule has 0 spiro atoms. The highest BCUT2D eigenvalue weighted by Crippen LogP contribution is 2.25. The lowest BCUT2D eigenvalue weighted by molar-refractivity contribution is -0.385. The fourth-order valence-electron chi connectivity index (χ4n) is 2.76. The fourth-order valence-corrected chi connectivity index (χ4v) is 3.77. The van der Waals surface area contributed by atoms with E-state index in [1.165, 1.54) is 10.8 Å². The first-order valence-electron chi connectivity index (χ1n) is 8.43. The van der Waals surface area contributed by atoms with Crippen LogP contribution in [0.4, 0.5) is 11.4 Å². The molecule has 0 atom stereocenters. The number of rotatable bonds is 7. The van der Waals surface area contributed by atoms with Gasteiger partial charge in [0.1, 0.15) is 0 Å². The molecule has 0 fully saturated rings. The van der Waals surface area contributed by atoms with Crippen LogP contribution in [-0.2, 0) is 11.2 Å². The fraction of sp³-hybridized carbons (Fsp3) is 0.263. The Hall–Kier alpha value is -2.80. The van der Waals surface area contributed by atoms with Gasteiger partial charge in [-0.2, -0.15) is 0 Å². The number of aryl methyl sites for hydroxylation is 1. The summed E-state index contributed by atoms with van der Waals surface area (Å²) in [6.45, 7) is 1.64. The third-order valence-electron chi connectivity index (χ3n) is 4.16. The number of fused-ring (bicyclic) bond motifs is 1. The maximum atomic E-state index is 12.1. The molecule has 134 valence electrons. The predicted octanol–water partition coefficient (Wildman–Crippen LogP) is 4.86. The molecule has 0 aliphatic carbocycles. The van der Waals surface area contributed by atoms with Gasteiger partial charge in [0.25, 0.3) is 5.69 Å². The monoisotopic (exact) mass is 369 g/mol. The van der Waals surface area contributed by atoms with E-state index in [1.807, 2.05) is 18.2 Å². The Kier molecular flexibility index (Phi) is 5.58. The van der Waals surface area contributed by atoms with Gasteiger partial charge in [-0.1, -0.05) is 18.2 Å². The average molecular weight is 369 g/mol. The van der Waals surface area contributed by atoms with Gasteiger partial charge in [0.05, 0.1) is 31.4 Å². The number of carbonyl (C=O) groups excluding carboxylic acids is 1. The van der Waals surface area contributed by atoms with Crippen LogP contribution in [0.3, 0.4) is 0 Å². The lowest BCUT2D eigenvalue weighted by atomic mass is 10.1. The Morgan fingerprint density at radius 2 is 2.00 bits per heavy atom. The van der Waals surface area contributed by atoms with Crippen molar-refractivity contribution in [1.29, 1.82) is 0 Å². The van der Waals surface area contributed by atoms with Crippen molar-refractivity contribution in [2.45, 2.75) is 32.6 Å². The zero-order valence-corrected chi connectivity index (χ0v) is 15.2. The number of hydrogen-bond acceptors (Lipinski definition) is 5. The molecule has 1 amide bonds. The van der Waals surface area contributed by atoms with Gasteiger partial charge in [0.2, 0.25) is 5.91 Å². The first-order chi connectivity index (χ1) is 12.5. The second-order valence-electron chi connectivity index (χ2n) is 6.04. The van der Waals surface area contributed by atoms with E-state index >= 15 is 0 Å². The van der Waals surface area contributed by atoms with Gasteiger partial charge in [0.15, 0.2) is 0 Å². The van der Waals surface area contributed by atoms with E-state index < -0.39 is 4.92 Å². The summed E-state index contributed by atoms with van der Waals surface area (Å²) in [7, 11) is 0. The van der Waals surface area contributed by atoms with E-state index in [1.54, 1.807) is 30.4 Å². The van der Waals surface area contributed by atoms with E-state index in [9.17, 15) is 14.9 Å². The molecule has 3 rings (SSSR count). The van der Waals surface area contributed by atoms with Crippen LogP contribution in [-0.4, -0.2) is 15.8 Å². The highest BCUT2D eigenvalue weighted by molar-refractivity contribution is 7.18. The smallest absolute Gasteiger partial charge is 0.274 e. The molecule has 1 heterocycles. The number of amides is 1. The summed E-state index contributed by atoms with van der Waals surface area (Å²) in [6.07, 6.45) is 2.85. The van der Waals surface area contributed by atoms with Crippen LogP contribution in [0.5, 0.6) is 0 Å². The third-order valence-corrected chi connectivity index (χ3v) is 5.25. The van der Waals surface area contributed by atoms with Crippen molar-refractivity contribution < 1.29 is 9.72 Å². The van der Waals surface area contributed by atoms with Crippen LogP contribution >= 0.6 is 11.3 Å². The second-order valence-corrected chi connectivity index (χ2v) is 7.15. The topological polar surface area (TPSA) is 85.1 Å². The maximum absolute atomic E-state index is 12.1. The summed E-state index contributed by atoms with van der Waals surface area (Å²) in [5, 5.41) is 14.8. The zero-order chi connectivity index (χ0) is 18.5. The number of carbonyl (C=O) groups is 1. The minimum absolute atomic E-state index is 0.0126. The molecule has 0 saturated heterocycles. The minimum Gasteiger partial charge on any atom is -0.326 e. The van der Waals surface area contributed by atoms with E-state index in [0.29, 0.717) is 17.7 Å². The summed E-state index contributed by atoms with van der Waals surface area (Å²) in [5.74, 6) is -0.127. The number of nitro groups is 1. The van der Waals surface area contributed by atoms with Crippen molar-refractivity contribution in [3.63, 3.8) is 0 Å². The van der Waals surface area contributed by atoms with Gasteiger partial charge in [-0.05, 0) is 44.4 Å². The van der Waals surface area contributed by atoms with Crippen molar-refractivity contribution in [2.75, 3.05) is 5.32 Å². The summed E-state index contributed by atoms with van der Waals surface area (Å²) >= 11 is 1.69. The summed E-state index contributed by atoms with van der Waals surface area (Å²) in [4.78, 5) is 27.2. The van der Waals surface area contributed by atoms with E-state index in [2.05, 4.69) is 16.4 Å². The number of benzene rings is 2. The molecular weight excluding hydrogens is 350 g/mol. The van der Waals surface area contributed by atoms with Gasteiger partial charge in [-0.15, -0.1) is 11.3 Å². The van der Waals surface area contributed by atoms with Gasteiger partial charge in [-0.25, -0.2) is 4.98 Å². The number of para-hydroxylation sites is 1. The SMILES string of the molecule is Cc1c(NC(=O)CCCCc2nc3ccccc3s2)cccc1[N+](=O)[O-]. The molecular formula is C19H19N3O3S. The highest BCUT2D eigenvalue weighted by Gasteiger charge is 2.14. The van der Waals surface area contributed by atoms with Crippen molar-refractivity contribution in [3.8, 4) is 0 Å². The van der Waals surface area contributed by atoms with E-state index in [-0.39, 0.29) is 11.6 Å². The van der Waals surface area contributed by atoms with Crippen LogP contribution in [0, 0.1) is 17.0 Å². The molecule has 1 aromatic heterocycles. The van der Waals surface area contributed by atoms with Crippen molar-refractivity contribution >= 4 is 38.8 Å². The number of thiazole rings is 1. The molecule has 0 unspecified atom stereocenters. The molecule has 2 aromatic carbocycles. The van der Waals surface area contributed by atoms with Crippen molar-refractivity contribution in [3.05, 3.63) is 63.1 Å². The van der Waals surface area contributed by atoms with Crippen molar-refractivity contribution in [1.82, 2.24) is 4.98 Å². The Morgan fingerprint density at radius 1 is 1.19 bits per heavy atom. The molecule has 0 bridgehead atoms. The lowest BCUT2D eigenvalue weighted by Crippen LogP contribution is -2.12. The molecule has 0 aliphatic rings. The molecule has 3 aromatic rings. The first-order valence-corrected chi connectivity index (χ1v) is 9.24. The standard InChI is InChI=1S/C19H19N3O3S/c1-13-14(8-6-9-16(13)22(24)25)20-18(23)11-4-5-12-19-21-15-7-2-3-10-17(15)26-19/h2-3,6-10H,4-5,11-12H2,1H3,(H,20,23). The number of nitro benzene ring substituents is 1. The normalized spacial score (nSPS) is 10.8. The number of anilines is 1. The van der Waals surface area contributed by atoms with Crippen LogP contribution in [0.1, 0.15) is 29.8 Å². The molecule has 26 heavy (non-hydrogen) atoms. The second kappa shape index (κ2) is 8.05. The maximum Gasteiger partial charge on any atom is 0.274 e. The van der Waals surface area contributed by atoms with Crippen LogP contribution in [0.25, 0.3) is 10.2 Å². The van der Waals surface area contributed by atoms with Crippen LogP contribution in [0.15, 0.2) is 42.5 Å². The minimum atomic E-state index is -0.441. The molecule has 0 saturated carbocycles.